The van der Waals surface area contributed by atoms with Crippen LogP contribution in [0.25, 0.3) is 0 Å². The third kappa shape index (κ3) is 6.62. The number of carbonyl (C=O) groups is 2. The topological polar surface area (TPSA) is 97.1 Å². The number of nitrogens with two attached hydrogens (primary N) is 1. The third-order valence-electron chi connectivity index (χ3n) is 3.09. The fourth-order valence-corrected chi connectivity index (χ4v) is 2.91. The van der Waals surface area contributed by atoms with Crippen LogP contribution >= 0.6 is 36.2 Å². The summed E-state index contributed by atoms with van der Waals surface area (Å²) in [7, 11) is 0. The van der Waals surface area contributed by atoms with Gasteiger partial charge in [-0.25, -0.2) is 4.98 Å². The predicted octanol–water partition coefficient (Wildman–Crippen LogP) is 2.88. The molecule has 0 spiro atoms. The summed E-state index contributed by atoms with van der Waals surface area (Å²) < 4.78 is 0. The molecule has 2 aromatic rings. The van der Waals surface area contributed by atoms with E-state index in [-0.39, 0.29) is 36.6 Å². The molecule has 0 saturated carbocycles. The van der Waals surface area contributed by atoms with Gasteiger partial charge in [-0.1, -0.05) is 19.1 Å². The molecular weight excluding hydrogens is 383 g/mol. The molecule has 0 fully saturated rings. The van der Waals surface area contributed by atoms with Crippen LogP contribution in [-0.4, -0.2) is 29.9 Å². The van der Waals surface area contributed by atoms with Gasteiger partial charge in [0.25, 0.3) is 11.8 Å². The molecule has 0 atom stereocenters. The molecule has 138 valence electrons. The predicted molar refractivity (Wildman–Crippen MR) is 106 cm³/mol. The summed E-state index contributed by atoms with van der Waals surface area (Å²) in [5.41, 5.74) is 6.27. The lowest BCUT2D eigenvalue weighted by molar-refractivity contribution is 0.0955. The first kappa shape index (κ1) is 23.3. The monoisotopic (exact) mass is 404 g/mol. The zero-order chi connectivity index (χ0) is 16.7. The molecule has 0 unspecified atom stereocenters. The lowest BCUT2D eigenvalue weighted by Gasteiger charge is -2.10. The number of aryl methyl sites for hydroxylation is 1. The Morgan fingerprint density at radius 2 is 1.92 bits per heavy atom. The van der Waals surface area contributed by atoms with Crippen molar-refractivity contribution in [3.63, 3.8) is 0 Å². The van der Waals surface area contributed by atoms with Crippen LogP contribution in [0.15, 0.2) is 30.5 Å². The number of para-hydroxylation sites is 1. The van der Waals surface area contributed by atoms with Crippen molar-refractivity contribution in [1.29, 1.82) is 0 Å². The fraction of sp³-hybridized carbons (Fsp3) is 0.312. The first-order valence-electron chi connectivity index (χ1n) is 7.49. The summed E-state index contributed by atoms with van der Waals surface area (Å²) in [5, 5.41) is 6.41. The van der Waals surface area contributed by atoms with E-state index in [0.717, 1.165) is 17.8 Å². The second kappa shape index (κ2) is 11.8. The molecule has 0 bridgehead atoms. The highest BCUT2D eigenvalue weighted by Gasteiger charge is 2.15. The molecule has 0 aliphatic rings. The van der Waals surface area contributed by atoms with Gasteiger partial charge >= 0.3 is 0 Å². The van der Waals surface area contributed by atoms with Crippen molar-refractivity contribution in [2.45, 2.75) is 19.8 Å². The fourth-order valence-electron chi connectivity index (χ4n) is 2.00. The van der Waals surface area contributed by atoms with Crippen molar-refractivity contribution in [3.8, 4) is 0 Å². The minimum Gasteiger partial charge on any atom is -0.351 e. The van der Waals surface area contributed by atoms with E-state index in [9.17, 15) is 9.59 Å². The maximum atomic E-state index is 12.3. The van der Waals surface area contributed by atoms with Crippen molar-refractivity contribution in [3.05, 3.63) is 45.9 Å². The van der Waals surface area contributed by atoms with Gasteiger partial charge in [0.05, 0.1) is 22.5 Å². The van der Waals surface area contributed by atoms with Crippen molar-refractivity contribution < 1.29 is 9.59 Å². The van der Waals surface area contributed by atoms with Crippen molar-refractivity contribution in [2.75, 3.05) is 18.4 Å². The van der Waals surface area contributed by atoms with Crippen LogP contribution in [0.1, 0.15) is 38.4 Å². The first-order valence-corrected chi connectivity index (χ1v) is 8.30. The summed E-state index contributed by atoms with van der Waals surface area (Å²) in [6, 6.07) is 6.88. The molecule has 2 rings (SSSR count). The van der Waals surface area contributed by atoms with Crippen molar-refractivity contribution in [1.82, 2.24) is 10.3 Å². The number of amides is 2. The Hall–Kier alpha value is -1.67. The normalized spacial score (nSPS) is 9.52. The maximum absolute atomic E-state index is 12.3. The zero-order valence-corrected chi connectivity index (χ0v) is 16.2. The Bertz CT molecular complexity index is 694. The molecule has 1 aromatic carbocycles. The van der Waals surface area contributed by atoms with Gasteiger partial charge in [0.2, 0.25) is 0 Å². The summed E-state index contributed by atoms with van der Waals surface area (Å²) >= 11 is 1.37. The molecule has 1 aromatic heterocycles. The number of nitrogens with one attached hydrogen (secondary N) is 2. The van der Waals surface area contributed by atoms with Gasteiger partial charge in [0.15, 0.2) is 0 Å². The highest BCUT2D eigenvalue weighted by atomic mass is 35.5. The van der Waals surface area contributed by atoms with E-state index in [0.29, 0.717) is 29.2 Å². The lowest BCUT2D eigenvalue weighted by Crippen LogP contribution is -2.29. The van der Waals surface area contributed by atoms with Crippen LogP contribution in [0, 0.1) is 0 Å². The second-order valence-corrected chi connectivity index (χ2v) is 6.03. The number of aromatic nitrogens is 1. The van der Waals surface area contributed by atoms with Gasteiger partial charge in [-0.2, -0.15) is 0 Å². The van der Waals surface area contributed by atoms with E-state index in [4.69, 9.17) is 5.73 Å². The highest BCUT2D eigenvalue weighted by molar-refractivity contribution is 7.13. The van der Waals surface area contributed by atoms with Crippen molar-refractivity contribution >= 4 is 53.7 Å². The van der Waals surface area contributed by atoms with Gasteiger partial charge in [0, 0.05) is 13.1 Å². The lowest BCUT2D eigenvalue weighted by atomic mass is 10.1. The Balaban J connectivity index is 0.00000288. The van der Waals surface area contributed by atoms with Crippen LogP contribution in [-0.2, 0) is 6.42 Å². The van der Waals surface area contributed by atoms with Crippen LogP contribution < -0.4 is 16.4 Å². The Morgan fingerprint density at radius 3 is 2.60 bits per heavy atom. The Kier molecular flexibility index (Phi) is 11.0. The molecule has 6 nitrogen and oxygen atoms in total. The van der Waals surface area contributed by atoms with Gasteiger partial charge < -0.3 is 16.4 Å². The minimum absolute atomic E-state index is 0. The Labute approximate surface area is 163 Å². The van der Waals surface area contributed by atoms with E-state index >= 15 is 0 Å². The SMILES string of the molecule is CCCc1ncc(C(=O)Nc2ccccc2C(=O)NCCN)s1.Cl.Cl. The number of thiazole rings is 1. The first-order chi connectivity index (χ1) is 11.2. The second-order valence-electron chi connectivity index (χ2n) is 4.91. The van der Waals surface area contributed by atoms with Gasteiger partial charge in [-0.15, -0.1) is 36.2 Å². The molecule has 0 aliphatic heterocycles. The highest BCUT2D eigenvalue weighted by Crippen LogP contribution is 2.19. The van der Waals surface area contributed by atoms with E-state index in [2.05, 4.69) is 22.5 Å². The van der Waals surface area contributed by atoms with Gasteiger partial charge in [0.1, 0.15) is 4.88 Å². The van der Waals surface area contributed by atoms with Crippen LogP contribution in [0.2, 0.25) is 0 Å². The largest absolute Gasteiger partial charge is 0.351 e. The molecule has 25 heavy (non-hydrogen) atoms. The standard InChI is InChI=1S/C16H20N4O2S.2ClH/c1-2-5-14-19-10-13(23-14)16(22)20-12-7-4-3-6-11(12)15(21)18-9-8-17;;/h3-4,6-7,10H,2,5,8-9,17H2,1H3,(H,18,21)(H,20,22);2*1H. The van der Waals surface area contributed by atoms with Crippen LogP contribution in [0.5, 0.6) is 0 Å². The summed E-state index contributed by atoms with van der Waals surface area (Å²) in [6.07, 6.45) is 3.41. The average molecular weight is 405 g/mol. The van der Waals surface area contributed by atoms with Crippen molar-refractivity contribution in [2.24, 2.45) is 5.73 Å². The molecule has 9 heteroatoms. The number of carbonyl (C=O) groups excluding carboxylic acids is 2. The van der Waals surface area contributed by atoms with E-state index < -0.39 is 0 Å². The summed E-state index contributed by atoms with van der Waals surface area (Å²) in [6.45, 7) is 2.81. The molecule has 0 radical (unpaired) electrons. The number of hydrogen-bond donors (Lipinski definition) is 3. The van der Waals surface area contributed by atoms with E-state index in [1.807, 2.05) is 0 Å². The molecule has 0 saturated heterocycles. The number of anilines is 1. The van der Waals surface area contributed by atoms with Gasteiger partial charge in [-0.05, 0) is 25.0 Å². The number of rotatable bonds is 7. The molecular formula is C16H22Cl2N4O2S. The number of benzene rings is 1. The molecule has 1 heterocycles. The van der Waals surface area contributed by atoms with E-state index in [1.165, 1.54) is 11.3 Å². The zero-order valence-electron chi connectivity index (χ0n) is 13.8. The average Bonchev–Trinajstić information content (AvgIpc) is 3.02. The molecule has 0 aliphatic carbocycles. The summed E-state index contributed by atoms with van der Waals surface area (Å²) in [5.74, 6) is -0.522. The summed E-state index contributed by atoms with van der Waals surface area (Å²) in [4.78, 5) is 29.2. The quantitative estimate of drug-likeness (QED) is 0.660. The molecule has 2 amide bonds. The Morgan fingerprint density at radius 1 is 1.20 bits per heavy atom. The van der Waals surface area contributed by atoms with Crippen LogP contribution in [0.4, 0.5) is 5.69 Å². The smallest absolute Gasteiger partial charge is 0.267 e. The number of halogens is 2. The van der Waals surface area contributed by atoms with E-state index in [1.54, 1.807) is 30.5 Å². The third-order valence-corrected chi connectivity index (χ3v) is 4.15. The minimum atomic E-state index is -0.262. The molecule has 4 N–H and O–H groups in total. The van der Waals surface area contributed by atoms with Crippen LogP contribution in [0.3, 0.4) is 0 Å². The maximum Gasteiger partial charge on any atom is 0.267 e. The van der Waals surface area contributed by atoms with Gasteiger partial charge in [-0.3, -0.25) is 9.59 Å². The number of nitrogens with zero attached hydrogens (tertiary/aromatic N) is 1. The number of hydrogen-bond acceptors (Lipinski definition) is 5.